The fourth-order valence-electron chi connectivity index (χ4n) is 9.63. The first-order valence-electron chi connectivity index (χ1n) is 21.3. The Kier molecular flexibility index (Phi) is 12.7. The fraction of sp³-hybridized carbons (Fsp3) is 0.538. The summed E-state index contributed by atoms with van der Waals surface area (Å²) in [6.07, 6.45) is 13.2. The largest absolute Gasteiger partial charge is 0.507 e. The van der Waals surface area contributed by atoms with Gasteiger partial charge in [-0.25, -0.2) is 0 Å². The van der Waals surface area contributed by atoms with E-state index in [2.05, 4.69) is 119 Å². The molecule has 0 radical (unpaired) electrons. The van der Waals surface area contributed by atoms with Crippen LogP contribution in [0.1, 0.15) is 186 Å². The number of aryl methyl sites for hydroxylation is 4. The SMILES string of the molecule is Cc1cc(Cc2cc(C)cc(C(C)(C)C)c2O)c(O)c(C(C)(C)C)c1.Cc1cc(Cc2cc(C)cc(C3(C)CCCCC3)c2O)c(O)c(C2(C)CCCCC2)c1. The molecule has 56 heavy (non-hydrogen) atoms. The Labute approximate surface area is 339 Å². The van der Waals surface area contributed by atoms with Crippen molar-refractivity contribution in [1.82, 2.24) is 0 Å². The van der Waals surface area contributed by atoms with Crippen LogP contribution in [0.2, 0.25) is 0 Å². The topological polar surface area (TPSA) is 80.9 Å². The van der Waals surface area contributed by atoms with E-state index < -0.39 is 0 Å². The van der Waals surface area contributed by atoms with Crippen molar-refractivity contribution in [2.45, 2.75) is 182 Å². The van der Waals surface area contributed by atoms with Crippen molar-refractivity contribution in [1.29, 1.82) is 0 Å². The fourth-order valence-corrected chi connectivity index (χ4v) is 9.63. The van der Waals surface area contributed by atoms with Crippen LogP contribution >= 0.6 is 0 Å². The Morgan fingerprint density at radius 2 is 0.679 bits per heavy atom. The Morgan fingerprint density at radius 1 is 0.411 bits per heavy atom. The predicted molar refractivity (Wildman–Crippen MR) is 235 cm³/mol. The average molecular weight is 761 g/mol. The second-order valence-corrected chi connectivity index (χ2v) is 20.4. The van der Waals surface area contributed by atoms with E-state index in [1.807, 2.05) is 12.1 Å². The zero-order valence-electron chi connectivity index (χ0n) is 36.9. The first kappa shape index (κ1) is 43.2. The summed E-state index contributed by atoms with van der Waals surface area (Å²) in [5.74, 6) is 1.58. The molecule has 0 unspecified atom stereocenters. The molecule has 6 rings (SSSR count). The first-order chi connectivity index (χ1) is 26.0. The molecule has 0 amide bonds. The van der Waals surface area contributed by atoms with E-state index in [0.29, 0.717) is 35.8 Å². The van der Waals surface area contributed by atoms with Crippen molar-refractivity contribution in [2.24, 2.45) is 0 Å². The maximum absolute atomic E-state index is 11.3. The maximum Gasteiger partial charge on any atom is 0.122 e. The predicted octanol–water partition coefficient (Wildman–Crippen LogP) is 13.6. The van der Waals surface area contributed by atoms with Crippen LogP contribution in [0.3, 0.4) is 0 Å². The van der Waals surface area contributed by atoms with Crippen LogP contribution in [-0.4, -0.2) is 20.4 Å². The first-order valence-corrected chi connectivity index (χ1v) is 21.3. The molecule has 0 aliphatic heterocycles. The number of rotatable bonds is 6. The summed E-state index contributed by atoms with van der Waals surface area (Å²) in [4.78, 5) is 0. The van der Waals surface area contributed by atoms with Gasteiger partial charge in [0.15, 0.2) is 0 Å². The smallest absolute Gasteiger partial charge is 0.122 e. The highest BCUT2D eigenvalue weighted by Gasteiger charge is 2.34. The number of benzene rings is 4. The molecule has 0 heterocycles. The van der Waals surface area contributed by atoms with Gasteiger partial charge in [0, 0.05) is 24.0 Å². The van der Waals surface area contributed by atoms with Crippen LogP contribution in [0.5, 0.6) is 23.0 Å². The van der Waals surface area contributed by atoms with Gasteiger partial charge in [0.1, 0.15) is 23.0 Å². The highest BCUT2D eigenvalue weighted by atomic mass is 16.3. The normalized spacial score (nSPS) is 16.9. The highest BCUT2D eigenvalue weighted by Crippen LogP contribution is 2.47. The van der Waals surface area contributed by atoms with Gasteiger partial charge >= 0.3 is 0 Å². The summed E-state index contributed by atoms with van der Waals surface area (Å²) < 4.78 is 0. The number of phenols is 4. The van der Waals surface area contributed by atoms with Crippen molar-refractivity contribution in [2.75, 3.05) is 0 Å². The summed E-state index contributed by atoms with van der Waals surface area (Å²) in [5.41, 5.74) is 12.2. The summed E-state index contributed by atoms with van der Waals surface area (Å²) in [6.45, 7) is 25.6. The van der Waals surface area contributed by atoms with Gasteiger partial charge in [-0.1, -0.05) is 165 Å². The molecular formula is C52H72O4. The van der Waals surface area contributed by atoms with E-state index in [-0.39, 0.29) is 21.7 Å². The van der Waals surface area contributed by atoms with Crippen LogP contribution in [0.4, 0.5) is 0 Å². The lowest BCUT2D eigenvalue weighted by Crippen LogP contribution is -2.26. The standard InChI is InChI=1S/C29H40O2.C23H32O2/c1-20-15-22(26(30)24(17-20)28(3)11-7-5-8-12-28)19-23-16-21(2)18-25(27(23)31)29(4)13-9-6-10-14-29;1-14-9-16(20(24)18(11-14)22(3,4)5)13-17-10-15(2)12-19(21(17)25)23(6,7)8/h15-18,30-31H,5-14,19H2,1-4H3;9-12,24-25H,13H2,1-8H3. The van der Waals surface area contributed by atoms with Crippen LogP contribution in [0.25, 0.3) is 0 Å². The molecule has 2 aliphatic rings. The average Bonchev–Trinajstić information content (AvgIpc) is 3.10. The highest BCUT2D eigenvalue weighted by molar-refractivity contribution is 5.55. The molecule has 0 atom stereocenters. The molecule has 304 valence electrons. The Bertz CT molecular complexity index is 1880. The molecule has 0 spiro atoms. The van der Waals surface area contributed by atoms with Gasteiger partial charge in [-0.15, -0.1) is 0 Å². The lowest BCUT2D eigenvalue weighted by molar-refractivity contribution is 0.306. The monoisotopic (exact) mass is 761 g/mol. The molecule has 2 saturated carbocycles. The molecule has 4 aromatic rings. The van der Waals surface area contributed by atoms with Crippen molar-refractivity contribution in [3.8, 4) is 23.0 Å². The molecular weight excluding hydrogens is 689 g/mol. The van der Waals surface area contributed by atoms with Gasteiger partial charge in [-0.2, -0.15) is 0 Å². The van der Waals surface area contributed by atoms with Crippen LogP contribution in [-0.2, 0) is 34.5 Å². The quantitative estimate of drug-likeness (QED) is 0.158. The third-order valence-electron chi connectivity index (χ3n) is 12.9. The number of aromatic hydroxyl groups is 4. The Hall–Kier alpha value is -3.92. The van der Waals surface area contributed by atoms with E-state index in [9.17, 15) is 20.4 Å². The van der Waals surface area contributed by atoms with Gasteiger partial charge in [0.05, 0.1) is 0 Å². The number of hydrogen-bond donors (Lipinski definition) is 4. The summed E-state index contributed by atoms with van der Waals surface area (Å²) >= 11 is 0. The summed E-state index contributed by atoms with van der Waals surface area (Å²) in [5, 5.41) is 44.3. The summed E-state index contributed by atoms with van der Waals surface area (Å²) in [7, 11) is 0. The number of hydrogen-bond acceptors (Lipinski definition) is 4. The number of phenolic OH excluding ortho intramolecular Hbond substituents is 4. The minimum Gasteiger partial charge on any atom is -0.507 e. The van der Waals surface area contributed by atoms with E-state index in [0.717, 1.165) is 81.3 Å². The van der Waals surface area contributed by atoms with Gasteiger partial charge in [-0.3, -0.25) is 0 Å². The van der Waals surface area contributed by atoms with E-state index in [1.54, 1.807) is 0 Å². The second-order valence-electron chi connectivity index (χ2n) is 20.4. The zero-order chi connectivity index (χ0) is 41.4. The third-order valence-corrected chi connectivity index (χ3v) is 12.9. The van der Waals surface area contributed by atoms with Crippen LogP contribution < -0.4 is 0 Å². The molecule has 0 bridgehead atoms. The van der Waals surface area contributed by atoms with Gasteiger partial charge in [-0.05, 0) is 108 Å². The van der Waals surface area contributed by atoms with Crippen molar-refractivity contribution in [3.63, 3.8) is 0 Å². The van der Waals surface area contributed by atoms with Crippen LogP contribution in [0, 0.1) is 27.7 Å². The maximum atomic E-state index is 11.3. The van der Waals surface area contributed by atoms with E-state index in [1.165, 1.54) is 49.7 Å². The lowest BCUT2D eigenvalue weighted by Gasteiger charge is -2.36. The summed E-state index contributed by atoms with van der Waals surface area (Å²) in [6, 6.07) is 16.7. The minimum absolute atomic E-state index is 0.0541. The Balaban J connectivity index is 0.000000220. The zero-order valence-corrected chi connectivity index (χ0v) is 36.9. The van der Waals surface area contributed by atoms with Crippen LogP contribution in [0.15, 0.2) is 48.5 Å². The molecule has 4 nitrogen and oxygen atoms in total. The molecule has 2 aliphatic carbocycles. The molecule has 4 N–H and O–H groups in total. The molecule has 4 aromatic carbocycles. The van der Waals surface area contributed by atoms with E-state index in [4.69, 9.17) is 0 Å². The second kappa shape index (κ2) is 16.5. The van der Waals surface area contributed by atoms with E-state index >= 15 is 0 Å². The van der Waals surface area contributed by atoms with Crippen molar-refractivity contribution in [3.05, 3.63) is 115 Å². The van der Waals surface area contributed by atoms with Gasteiger partial charge < -0.3 is 20.4 Å². The van der Waals surface area contributed by atoms with Gasteiger partial charge in [0.2, 0.25) is 0 Å². The Morgan fingerprint density at radius 3 is 0.964 bits per heavy atom. The molecule has 2 fully saturated rings. The van der Waals surface area contributed by atoms with Crippen molar-refractivity contribution < 1.29 is 20.4 Å². The molecule has 0 aromatic heterocycles. The molecule has 4 heteroatoms. The third kappa shape index (κ3) is 9.60. The van der Waals surface area contributed by atoms with Crippen molar-refractivity contribution >= 4 is 0 Å². The lowest BCUT2D eigenvalue weighted by atomic mass is 9.69. The van der Waals surface area contributed by atoms with Gasteiger partial charge in [0.25, 0.3) is 0 Å². The minimum atomic E-state index is -0.129. The molecule has 0 saturated heterocycles.